The molecule has 104 valence electrons. The van der Waals surface area contributed by atoms with E-state index in [1.54, 1.807) is 19.9 Å². The van der Waals surface area contributed by atoms with Crippen molar-refractivity contribution in [3.63, 3.8) is 0 Å². The summed E-state index contributed by atoms with van der Waals surface area (Å²) in [6.07, 6.45) is 1.40. The van der Waals surface area contributed by atoms with E-state index in [0.29, 0.717) is 27.0 Å². The topological polar surface area (TPSA) is 85.4 Å². The number of nitro benzene ring substituents is 1. The van der Waals surface area contributed by atoms with Gasteiger partial charge in [0.2, 0.25) is 0 Å². The summed E-state index contributed by atoms with van der Waals surface area (Å²) in [6, 6.07) is 4.56. The van der Waals surface area contributed by atoms with Gasteiger partial charge in [-0.2, -0.15) is 0 Å². The van der Waals surface area contributed by atoms with Crippen LogP contribution in [0.5, 0.6) is 0 Å². The third kappa shape index (κ3) is 2.72. The number of amides is 1. The van der Waals surface area contributed by atoms with E-state index in [9.17, 15) is 14.9 Å². The van der Waals surface area contributed by atoms with Crippen LogP contribution in [0.15, 0.2) is 33.5 Å². The van der Waals surface area contributed by atoms with Crippen LogP contribution in [0.2, 0.25) is 0 Å². The van der Waals surface area contributed by atoms with Gasteiger partial charge in [-0.25, -0.2) is 0 Å². The Morgan fingerprint density at radius 1 is 1.35 bits per heavy atom. The minimum atomic E-state index is -0.444. The van der Waals surface area contributed by atoms with Crippen molar-refractivity contribution in [2.45, 2.75) is 13.8 Å². The predicted molar refractivity (Wildman–Crippen MR) is 76.9 cm³/mol. The van der Waals surface area contributed by atoms with Gasteiger partial charge in [-0.3, -0.25) is 14.9 Å². The third-order valence-electron chi connectivity index (χ3n) is 2.85. The minimum absolute atomic E-state index is 0.0324. The molecule has 1 aromatic heterocycles. The number of nitrogens with one attached hydrogen (secondary N) is 1. The highest BCUT2D eigenvalue weighted by Crippen LogP contribution is 2.27. The van der Waals surface area contributed by atoms with E-state index in [-0.39, 0.29) is 11.6 Å². The van der Waals surface area contributed by atoms with Crippen LogP contribution in [0.3, 0.4) is 0 Å². The van der Waals surface area contributed by atoms with E-state index in [1.165, 1.54) is 18.4 Å². The number of nitro groups is 1. The SMILES string of the molecule is Cc1cc([N+](=O)[O-])c(C)cc1NC(=O)c1ccoc1Br. The number of anilines is 1. The summed E-state index contributed by atoms with van der Waals surface area (Å²) >= 11 is 3.13. The highest BCUT2D eigenvalue weighted by atomic mass is 79.9. The Bertz CT molecular complexity index is 694. The molecule has 1 heterocycles. The Kier molecular flexibility index (Phi) is 3.89. The van der Waals surface area contributed by atoms with Crippen molar-refractivity contribution in [3.8, 4) is 0 Å². The van der Waals surface area contributed by atoms with Gasteiger partial charge in [0.25, 0.3) is 11.6 Å². The summed E-state index contributed by atoms with van der Waals surface area (Å²) in [7, 11) is 0. The Morgan fingerprint density at radius 3 is 2.60 bits per heavy atom. The fourth-order valence-corrected chi connectivity index (χ4v) is 2.20. The molecule has 7 heteroatoms. The molecule has 0 radical (unpaired) electrons. The summed E-state index contributed by atoms with van der Waals surface area (Å²) in [4.78, 5) is 22.4. The molecule has 0 aliphatic carbocycles. The molecule has 0 aliphatic heterocycles. The molecule has 1 amide bonds. The molecule has 2 aromatic rings. The lowest BCUT2D eigenvalue weighted by molar-refractivity contribution is -0.385. The smallest absolute Gasteiger partial charge is 0.272 e. The van der Waals surface area contributed by atoms with Gasteiger partial charge in [-0.1, -0.05) is 0 Å². The van der Waals surface area contributed by atoms with Crippen LogP contribution in [0.1, 0.15) is 21.5 Å². The summed E-state index contributed by atoms with van der Waals surface area (Å²) in [5.41, 5.74) is 2.04. The molecule has 0 atom stereocenters. The molecule has 6 nitrogen and oxygen atoms in total. The van der Waals surface area contributed by atoms with Crippen molar-refractivity contribution in [2.75, 3.05) is 5.32 Å². The maximum absolute atomic E-state index is 12.0. The molecule has 2 rings (SSSR count). The van der Waals surface area contributed by atoms with Crippen molar-refractivity contribution >= 4 is 33.2 Å². The Hall–Kier alpha value is -2.15. The quantitative estimate of drug-likeness (QED) is 0.680. The van der Waals surface area contributed by atoms with E-state index in [2.05, 4.69) is 21.2 Å². The van der Waals surface area contributed by atoms with E-state index >= 15 is 0 Å². The molecule has 0 unspecified atom stereocenters. The van der Waals surface area contributed by atoms with Crippen molar-refractivity contribution in [3.05, 3.63) is 55.9 Å². The first kappa shape index (κ1) is 14.3. The maximum atomic E-state index is 12.0. The molecule has 20 heavy (non-hydrogen) atoms. The molecule has 0 bridgehead atoms. The molecule has 1 N–H and O–H groups in total. The second-order valence-electron chi connectivity index (χ2n) is 4.27. The summed E-state index contributed by atoms with van der Waals surface area (Å²) < 4.78 is 5.33. The predicted octanol–water partition coefficient (Wildman–Crippen LogP) is 3.82. The zero-order chi connectivity index (χ0) is 14.9. The fourth-order valence-electron chi connectivity index (χ4n) is 1.78. The number of aryl methyl sites for hydroxylation is 2. The first-order valence-corrected chi connectivity index (χ1v) is 6.49. The Morgan fingerprint density at radius 2 is 2.05 bits per heavy atom. The standard InChI is InChI=1S/C13H11BrN2O4/c1-7-6-11(16(18)19)8(2)5-10(7)15-13(17)9-3-4-20-12(9)14/h3-6H,1-2H3,(H,15,17). The van der Waals surface area contributed by atoms with Crippen LogP contribution in [0, 0.1) is 24.0 Å². The van der Waals surface area contributed by atoms with Gasteiger partial charge in [-0.05, 0) is 47.5 Å². The van der Waals surface area contributed by atoms with Gasteiger partial charge in [0.15, 0.2) is 4.67 Å². The van der Waals surface area contributed by atoms with Crippen molar-refractivity contribution < 1.29 is 14.1 Å². The van der Waals surface area contributed by atoms with Gasteiger partial charge in [-0.15, -0.1) is 0 Å². The number of hydrogen-bond donors (Lipinski definition) is 1. The fraction of sp³-hybridized carbons (Fsp3) is 0.154. The summed E-state index contributed by atoms with van der Waals surface area (Å²) in [5, 5.41) is 13.5. The zero-order valence-electron chi connectivity index (χ0n) is 10.8. The maximum Gasteiger partial charge on any atom is 0.272 e. The normalized spacial score (nSPS) is 10.3. The molecule has 0 saturated heterocycles. The molecule has 0 fully saturated rings. The minimum Gasteiger partial charge on any atom is -0.457 e. The number of rotatable bonds is 3. The molecule has 1 aromatic carbocycles. The summed E-state index contributed by atoms with van der Waals surface area (Å²) in [5.74, 6) is -0.345. The first-order chi connectivity index (χ1) is 9.40. The molecule has 0 aliphatic rings. The van der Waals surface area contributed by atoms with Gasteiger partial charge < -0.3 is 9.73 Å². The number of halogens is 1. The first-order valence-electron chi connectivity index (χ1n) is 5.70. The highest BCUT2D eigenvalue weighted by Gasteiger charge is 2.17. The van der Waals surface area contributed by atoms with Crippen molar-refractivity contribution in [2.24, 2.45) is 0 Å². The van der Waals surface area contributed by atoms with Crippen LogP contribution < -0.4 is 5.32 Å². The molecule has 0 saturated carbocycles. The van der Waals surface area contributed by atoms with Crippen molar-refractivity contribution in [1.29, 1.82) is 0 Å². The number of carbonyl (C=O) groups is 1. The average Bonchev–Trinajstić information content (AvgIpc) is 2.79. The average molecular weight is 339 g/mol. The van der Waals surface area contributed by atoms with Crippen LogP contribution in [0.25, 0.3) is 0 Å². The number of furan rings is 1. The van der Waals surface area contributed by atoms with Gasteiger partial charge in [0.05, 0.1) is 16.7 Å². The van der Waals surface area contributed by atoms with E-state index in [1.807, 2.05) is 0 Å². The second kappa shape index (κ2) is 5.46. The zero-order valence-corrected chi connectivity index (χ0v) is 12.4. The van der Waals surface area contributed by atoms with Crippen LogP contribution >= 0.6 is 15.9 Å². The largest absolute Gasteiger partial charge is 0.457 e. The van der Waals surface area contributed by atoms with Crippen LogP contribution in [0.4, 0.5) is 11.4 Å². The number of benzene rings is 1. The molecule has 0 spiro atoms. The monoisotopic (exact) mass is 338 g/mol. The Labute approximate surface area is 123 Å². The second-order valence-corrected chi connectivity index (χ2v) is 4.99. The lowest BCUT2D eigenvalue weighted by Gasteiger charge is -2.09. The van der Waals surface area contributed by atoms with E-state index in [4.69, 9.17) is 4.42 Å². The van der Waals surface area contributed by atoms with E-state index in [0.717, 1.165) is 0 Å². The van der Waals surface area contributed by atoms with Gasteiger partial charge in [0.1, 0.15) is 0 Å². The van der Waals surface area contributed by atoms with Crippen LogP contribution in [-0.2, 0) is 0 Å². The molecular formula is C13H11BrN2O4. The van der Waals surface area contributed by atoms with E-state index < -0.39 is 4.92 Å². The highest BCUT2D eigenvalue weighted by molar-refractivity contribution is 9.10. The lowest BCUT2D eigenvalue weighted by atomic mass is 10.1. The van der Waals surface area contributed by atoms with Crippen molar-refractivity contribution in [1.82, 2.24) is 0 Å². The number of nitrogens with zero attached hydrogens (tertiary/aromatic N) is 1. The van der Waals surface area contributed by atoms with Gasteiger partial charge in [0, 0.05) is 17.3 Å². The number of hydrogen-bond acceptors (Lipinski definition) is 4. The van der Waals surface area contributed by atoms with Gasteiger partial charge >= 0.3 is 0 Å². The summed E-state index contributed by atoms with van der Waals surface area (Å²) in [6.45, 7) is 3.33. The Balaban J connectivity index is 2.31. The lowest BCUT2D eigenvalue weighted by Crippen LogP contribution is -2.12. The number of carbonyl (C=O) groups excluding carboxylic acids is 1. The molecular weight excluding hydrogens is 328 g/mol. The third-order valence-corrected chi connectivity index (χ3v) is 3.46. The van der Waals surface area contributed by atoms with Crippen LogP contribution in [-0.4, -0.2) is 10.8 Å².